The molecule has 0 spiro atoms. The van der Waals surface area contributed by atoms with E-state index in [1.807, 2.05) is 27.7 Å². The molecule has 0 N–H and O–H groups in total. The van der Waals surface area contributed by atoms with Crippen molar-refractivity contribution in [2.45, 2.75) is 141 Å². The molecule has 0 aromatic carbocycles. The predicted octanol–water partition coefficient (Wildman–Crippen LogP) is 8.89. The average molecular weight is 595 g/mol. The molecule has 1 heterocycles. The predicted molar refractivity (Wildman–Crippen MR) is 171 cm³/mol. The lowest BCUT2D eigenvalue weighted by molar-refractivity contribution is -0.220. The lowest BCUT2D eigenvalue weighted by Gasteiger charge is -2.60. The fourth-order valence-electron chi connectivity index (χ4n) is 10.1. The van der Waals surface area contributed by atoms with Crippen LogP contribution in [0.5, 0.6) is 0 Å². The normalized spacial score (nSPS) is 37.6. The van der Waals surface area contributed by atoms with E-state index < -0.39 is 10.8 Å². The molecule has 42 heavy (non-hydrogen) atoms. The Labute approximate surface area is 258 Å². The Morgan fingerprint density at radius 3 is 1.88 bits per heavy atom. The first kappa shape index (κ1) is 38.4. The summed E-state index contributed by atoms with van der Waals surface area (Å²) < 4.78 is 16.5. The Balaban J connectivity index is 0.000000494. The maximum absolute atomic E-state index is 13.5. The van der Waals surface area contributed by atoms with E-state index in [4.69, 9.17) is 14.2 Å². The van der Waals surface area contributed by atoms with E-state index in [1.165, 1.54) is 58.5 Å². The van der Waals surface area contributed by atoms with Crippen molar-refractivity contribution in [2.24, 2.45) is 58.2 Å². The summed E-state index contributed by atoms with van der Waals surface area (Å²) in [5.74, 6) is 4.91. The van der Waals surface area contributed by atoms with Crippen molar-refractivity contribution in [1.29, 1.82) is 0 Å². The molecule has 1 saturated heterocycles. The Hall–Kier alpha value is -1.59. The summed E-state index contributed by atoms with van der Waals surface area (Å²) in [6.07, 6.45) is 12.3. The van der Waals surface area contributed by atoms with Crippen LogP contribution in [0.2, 0.25) is 0 Å². The molecule has 6 aliphatic carbocycles. The molecular weight excluding hydrogens is 528 g/mol. The summed E-state index contributed by atoms with van der Waals surface area (Å²) in [7, 11) is 1.41. The van der Waals surface area contributed by atoms with Gasteiger partial charge in [-0.25, -0.2) is 0 Å². The molecule has 246 valence electrons. The quantitative estimate of drug-likeness (QED) is 0.216. The van der Waals surface area contributed by atoms with Crippen LogP contribution in [0.25, 0.3) is 0 Å². The van der Waals surface area contributed by atoms with Gasteiger partial charge < -0.3 is 14.2 Å². The van der Waals surface area contributed by atoms with Crippen LogP contribution in [0, 0.1) is 58.2 Å². The summed E-state index contributed by atoms with van der Waals surface area (Å²) in [5, 5.41) is 0. The van der Waals surface area contributed by atoms with Gasteiger partial charge in [0, 0.05) is 5.92 Å². The first-order valence-electron chi connectivity index (χ1n) is 15.4. The Morgan fingerprint density at radius 2 is 1.40 bits per heavy atom. The summed E-state index contributed by atoms with van der Waals surface area (Å²) in [6.45, 7) is 10.6. The zero-order chi connectivity index (χ0) is 27.5. The van der Waals surface area contributed by atoms with Crippen molar-refractivity contribution in [2.75, 3.05) is 13.7 Å². The maximum Gasteiger partial charge on any atom is 0.312 e. The standard InChI is InChI=1S/C23H38O4.C9H12O2.4CH4/c1-7-22(5,14-21(3,4)19(24)26-6)20(25)27-23(8-2)17-10-15-9-16(12-17)13-18(23)11-15;10-9-8-6-2-1-5(3-6)7(8)4-11-9;;;;/h15-18H,7-14H2,1-6H3;5-8H,1-4H2;4*1H4. The van der Waals surface area contributed by atoms with Gasteiger partial charge in [0.2, 0.25) is 0 Å². The van der Waals surface area contributed by atoms with Crippen LogP contribution in [-0.2, 0) is 28.6 Å². The van der Waals surface area contributed by atoms with Gasteiger partial charge in [0.1, 0.15) is 5.60 Å². The van der Waals surface area contributed by atoms with Crippen LogP contribution >= 0.6 is 0 Å². The van der Waals surface area contributed by atoms with Gasteiger partial charge in [-0.2, -0.15) is 0 Å². The highest BCUT2D eigenvalue weighted by Gasteiger charge is 2.60. The smallest absolute Gasteiger partial charge is 0.312 e. The first-order valence-corrected chi connectivity index (χ1v) is 15.4. The molecule has 0 radical (unpaired) electrons. The van der Waals surface area contributed by atoms with Gasteiger partial charge in [-0.3, -0.25) is 14.4 Å². The average Bonchev–Trinajstić information content (AvgIpc) is 3.61. The number of esters is 3. The van der Waals surface area contributed by atoms with E-state index in [0.29, 0.717) is 42.4 Å². The third kappa shape index (κ3) is 6.43. The van der Waals surface area contributed by atoms with Crippen LogP contribution in [-0.4, -0.2) is 37.2 Å². The minimum Gasteiger partial charge on any atom is -0.469 e. The minimum absolute atomic E-state index is 0. The molecule has 5 unspecified atom stereocenters. The van der Waals surface area contributed by atoms with Gasteiger partial charge in [-0.15, -0.1) is 0 Å². The number of fused-ring (bicyclic) bond motifs is 5. The number of carbonyl (C=O) groups excluding carboxylic acids is 3. The molecule has 7 fully saturated rings. The summed E-state index contributed by atoms with van der Waals surface area (Å²) in [6, 6.07) is 0. The monoisotopic (exact) mass is 594 g/mol. The van der Waals surface area contributed by atoms with Gasteiger partial charge in [-0.05, 0) is 127 Å². The first-order chi connectivity index (χ1) is 18.0. The number of cyclic esters (lactones) is 1. The Kier molecular flexibility index (Phi) is 12.8. The van der Waals surface area contributed by atoms with Crippen molar-refractivity contribution >= 4 is 17.9 Å². The SMILES string of the molecule is C.C.C.C.CCC(C)(CC(C)(C)C(=O)OC)C(=O)OC1(CC)C2CC3CC(C2)CC1C3.O=C1OCC2C3CCC(C3)C12. The number of hydrogen-bond acceptors (Lipinski definition) is 6. The molecule has 7 aliphatic rings. The topological polar surface area (TPSA) is 78.9 Å². The van der Waals surface area contributed by atoms with Gasteiger partial charge in [0.05, 0.1) is 30.5 Å². The highest BCUT2D eigenvalue weighted by Crippen LogP contribution is 2.61. The lowest BCUT2D eigenvalue weighted by Crippen LogP contribution is -2.60. The van der Waals surface area contributed by atoms with Crippen molar-refractivity contribution in [3.05, 3.63) is 0 Å². The third-order valence-corrected chi connectivity index (χ3v) is 12.0. The van der Waals surface area contributed by atoms with E-state index in [0.717, 1.165) is 30.8 Å². The van der Waals surface area contributed by atoms with Crippen LogP contribution in [0.4, 0.5) is 0 Å². The highest BCUT2D eigenvalue weighted by atomic mass is 16.6. The largest absolute Gasteiger partial charge is 0.469 e. The summed E-state index contributed by atoms with van der Waals surface area (Å²) in [5.41, 5.74) is -1.66. The zero-order valence-corrected chi connectivity index (χ0v) is 24.6. The zero-order valence-electron chi connectivity index (χ0n) is 24.6. The number of rotatable bonds is 7. The molecule has 5 atom stereocenters. The van der Waals surface area contributed by atoms with Crippen LogP contribution in [0.3, 0.4) is 0 Å². The summed E-state index contributed by atoms with van der Waals surface area (Å²) >= 11 is 0. The van der Waals surface area contributed by atoms with E-state index in [2.05, 4.69) is 6.92 Å². The van der Waals surface area contributed by atoms with Gasteiger partial charge in [0.25, 0.3) is 0 Å². The third-order valence-electron chi connectivity index (χ3n) is 12.0. The molecule has 6 nitrogen and oxygen atoms in total. The van der Waals surface area contributed by atoms with Crippen molar-refractivity contribution in [3.63, 3.8) is 0 Å². The molecular formula is C36H66O6. The highest BCUT2D eigenvalue weighted by molar-refractivity contribution is 5.80. The number of carbonyl (C=O) groups is 3. The summed E-state index contributed by atoms with van der Waals surface area (Å²) in [4.78, 5) is 36.9. The Morgan fingerprint density at radius 1 is 0.857 bits per heavy atom. The lowest BCUT2D eigenvalue weighted by atomic mass is 9.49. The minimum atomic E-state index is -0.706. The van der Waals surface area contributed by atoms with Crippen molar-refractivity contribution < 1.29 is 28.6 Å². The molecule has 6 bridgehead atoms. The van der Waals surface area contributed by atoms with Crippen LogP contribution < -0.4 is 0 Å². The number of hydrogen-bond donors (Lipinski definition) is 0. The van der Waals surface area contributed by atoms with Crippen molar-refractivity contribution in [1.82, 2.24) is 0 Å². The second-order valence-electron chi connectivity index (χ2n) is 14.6. The van der Waals surface area contributed by atoms with Gasteiger partial charge >= 0.3 is 17.9 Å². The van der Waals surface area contributed by atoms with Crippen molar-refractivity contribution in [3.8, 4) is 0 Å². The number of methoxy groups -OCH3 is 1. The molecule has 0 amide bonds. The van der Waals surface area contributed by atoms with Gasteiger partial charge in [-0.1, -0.05) is 43.6 Å². The molecule has 6 saturated carbocycles. The van der Waals surface area contributed by atoms with E-state index >= 15 is 0 Å². The van der Waals surface area contributed by atoms with Crippen LogP contribution in [0.1, 0.15) is 135 Å². The van der Waals surface area contributed by atoms with E-state index in [-0.39, 0.29) is 53.2 Å². The van der Waals surface area contributed by atoms with Crippen LogP contribution in [0.15, 0.2) is 0 Å². The second-order valence-corrected chi connectivity index (χ2v) is 14.6. The molecule has 1 aliphatic heterocycles. The fraction of sp³-hybridized carbons (Fsp3) is 0.917. The molecule has 0 aromatic rings. The van der Waals surface area contributed by atoms with Gasteiger partial charge in [0.15, 0.2) is 0 Å². The van der Waals surface area contributed by atoms with E-state index in [1.54, 1.807) is 0 Å². The molecule has 0 aromatic heterocycles. The fourth-order valence-corrected chi connectivity index (χ4v) is 10.1. The Bertz CT molecular complexity index is 911. The number of ether oxygens (including phenoxy) is 3. The molecule has 6 heteroatoms. The maximum atomic E-state index is 13.5. The van der Waals surface area contributed by atoms with E-state index in [9.17, 15) is 14.4 Å². The molecule has 7 rings (SSSR count). The second kappa shape index (κ2) is 14.0.